The van der Waals surface area contributed by atoms with Crippen molar-refractivity contribution < 1.29 is 0 Å². The Hall–Kier alpha value is -13.9. The van der Waals surface area contributed by atoms with Crippen LogP contribution in [0.25, 0.3) is 198 Å². The van der Waals surface area contributed by atoms with Gasteiger partial charge >= 0.3 is 0 Å². The van der Waals surface area contributed by atoms with Gasteiger partial charge < -0.3 is 0 Å². The van der Waals surface area contributed by atoms with E-state index in [4.69, 9.17) is 54.8 Å². The second-order valence-corrected chi connectivity index (χ2v) is 27.6. The van der Waals surface area contributed by atoms with E-state index in [-0.39, 0.29) is 0 Å². The lowest BCUT2D eigenvalue weighted by molar-refractivity contribution is 1.07. The summed E-state index contributed by atoms with van der Waals surface area (Å²) in [5, 5.41) is 2.17. The van der Waals surface area contributed by atoms with Crippen LogP contribution in [0.4, 0.5) is 0 Å². The molecule has 0 aliphatic carbocycles. The maximum Gasteiger partial charge on any atom is 0.164 e. The first-order chi connectivity index (χ1) is 52.5. The van der Waals surface area contributed by atoms with Crippen molar-refractivity contribution in [3.8, 4) is 135 Å². The van der Waals surface area contributed by atoms with E-state index >= 15 is 0 Å². The van der Waals surface area contributed by atoms with Crippen molar-refractivity contribution in [2.45, 2.75) is 0 Å². The van der Waals surface area contributed by atoms with Crippen molar-refractivity contribution in [1.82, 2.24) is 59.8 Å². The van der Waals surface area contributed by atoms with Gasteiger partial charge in [-0.3, -0.25) is 4.98 Å². The summed E-state index contributed by atoms with van der Waals surface area (Å²) in [5.41, 5.74) is 24.3. The Morgan fingerprint density at radius 1 is 0.208 bits per heavy atom. The van der Waals surface area contributed by atoms with E-state index in [2.05, 4.69) is 217 Å². The van der Waals surface area contributed by atoms with Crippen molar-refractivity contribution in [2.24, 2.45) is 0 Å². The quantitative estimate of drug-likeness (QED) is 0.114. The standard InChI is InChI=1S/2C46H28N6S/c1-3-9-29(10-4-1)30-17-23-35(24-18-30)44-50-43(34-11-5-2-6-12-34)51-45(52-44)36-25-19-32(20-26-36)31-15-21-33(22-16-31)40-42-41(48-28-47-40)38-27-37-13-7-8-14-39(37)49-46(38)53-42;1-3-9-29(10-4-1)30-17-23-35(24-18-30)44-50-43(34-11-5-2-6-12-34)51-45(52-44)36-25-19-32(20-26-36)31-15-21-33(22-16-31)37-27-28-47-40-41-46(53-42(37)40)49-39-14-8-7-13-38(39)48-41/h2*1-28H. The average molecular weight is 1390 g/mol. The van der Waals surface area contributed by atoms with Gasteiger partial charge in [0.2, 0.25) is 0 Å². The Kier molecular flexibility index (Phi) is 16.3. The molecule has 0 spiro atoms. The van der Waals surface area contributed by atoms with Crippen LogP contribution in [-0.4, -0.2) is 59.8 Å². The average Bonchev–Trinajstić information content (AvgIpc) is 1.61. The molecule has 0 atom stereocenters. The van der Waals surface area contributed by atoms with Gasteiger partial charge in [0.15, 0.2) is 34.9 Å². The molecule has 0 saturated carbocycles. The molecule has 8 heterocycles. The third-order valence-electron chi connectivity index (χ3n) is 19.0. The lowest BCUT2D eigenvalue weighted by Crippen LogP contribution is -2.00. The summed E-state index contributed by atoms with van der Waals surface area (Å²) in [6.45, 7) is 0. The maximum absolute atomic E-state index is 4.97. The highest BCUT2D eigenvalue weighted by molar-refractivity contribution is 7.26. The highest BCUT2D eigenvalue weighted by atomic mass is 32.1. The number of hydrogen-bond acceptors (Lipinski definition) is 14. The highest BCUT2D eigenvalue weighted by Crippen LogP contribution is 2.42. The summed E-state index contributed by atoms with van der Waals surface area (Å²) in [7, 11) is 0. The van der Waals surface area contributed by atoms with Crippen molar-refractivity contribution >= 4 is 85.6 Å². The molecule has 0 radical (unpaired) electrons. The lowest BCUT2D eigenvalue weighted by atomic mass is 9.99. The van der Waals surface area contributed by atoms with Crippen LogP contribution in [0.2, 0.25) is 0 Å². The molecule has 0 bridgehead atoms. The molecule has 8 aromatic heterocycles. The fourth-order valence-corrected chi connectivity index (χ4v) is 15.7. The number of hydrogen-bond donors (Lipinski definition) is 0. The molecule has 496 valence electrons. The monoisotopic (exact) mass is 1390 g/mol. The van der Waals surface area contributed by atoms with E-state index in [0.717, 1.165) is 152 Å². The largest absolute Gasteiger partial charge is 0.253 e. The Labute approximate surface area is 616 Å². The molecule has 0 unspecified atom stereocenters. The van der Waals surface area contributed by atoms with Crippen LogP contribution in [0.5, 0.6) is 0 Å². The van der Waals surface area contributed by atoms with Crippen LogP contribution >= 0.6 is 22.7 Å². The van der Waals surface area contributed by atoms with Gasteiger partial charge in [-0.15, -0.1) is 22.7 Å². The summed E-state index contributed by atoms with van der Waals surface area (Å²) in [6, 6.07) is 112. The third kappa shape index (κ3) is 12.4. The number of aromatic nitrogens is 12. The van der Waals surface area contributed by atoms with Crippen LogP contribution in [-0.2, 0) is 0 Å². The smallest absolute Gasteiger partial charge is 0.164 e. The van der Waals surface area contributed by atoms with Crippen molar-refractivity contribution in [3.63, 3.8) is 0 Å². The first kappa shape index (κ1) is 63.0. The molecule has 0 aliphatic rings. The number of benzene rings is 12. The summed E-state index contributed by atoms with van der Waals surface area (Å²) in [4.78, 5) is 60.3. The predicted octanol–water partition coefficient (Wildman–Crippen LogP) is 23.2. The normalized spacial score (nSPS) is 11.4. The molecule has 20 aromatic rings. The summed E-state index contributed by atoms with van der Waals surface area (Å²) in [6.07, 6.45) is 3.52. The first-order valence-corrected chi connectivity index (χ1v) is 36.3. The van der Waals surface area contributed by atoms with Crippen LogP contribution < -0.4 is 0 Å². The molecule has 0 aliphatic heterocycles. The maximum atomic E-state index is 4.97. The number of rotatable bonds is 12. The van der Waals surface area contributed by atoms with Crippen LogP contribution in [0.3, 0.4) is 0 Å². The topological polar surface area (TPSA) is 155 Å². The number of nitrogens with zero attached hydrogens (tertiary/aromatic N) is 12. The van der Waals surface area contributed by atoms with Gasteiger partial charge in [0.05, 0.1) is 37.2 Å². The van der Waals surface area contributed by atoms with Gasteiger partial charge in [-0.1, -0.05) is 297 Å². The molecule has 14 heteroatoms. The zero-order valence-corrected chi connectivity index (χ0v) is 58.1. The molecular weight excluding hydrogens is 1340 g/mol. The number of thiophene rings is 2. The van der Waals surface area contributed by atoms with Gasteiger partial charge in [0, 0.05) is 61.5 Å². The highest BCUT2D eigenvalue weighted by Gasteiger charge is 2.20. The Morgan fingerprint density at radius 2 is 0.538 bits per heavy atom. The van der Waals surface area contributed by atoms with E-state index < -0.39 is 0 Å². The lowest BCUT2D eigenvalue weighted by Gasteiger charge is -2.10. The molecule has 20 rings (SSSR count). The minimum atomic E-state index is 0.626. The second kappa shape index (κ2) is 27.5. The Bertz CT molecular complexity index is 6220. The molecule has 0 fully saturated rings. The molecule has 0 amide bonds. The van der Waals surface area contributed by atoms with Gasteiger partial charge in [0.25, 0.3) is 0 Å². The molecule has 106 heavy (non-hydrogen) atoms. The predicted molar refractivity (Wildman–Crippen MR) is 432 cm³/mol. The van der Waals surface area contributed by atoms with E-state index in [9.17, 15) is 0 Å². The van der Waals surface area contributed by atoms with E-state index in [1.165, 1.54) is 11.1 Å². The summed E-state index contributed by atoms with van der Waals surface area (Å²) < 4.78 is 2.13. The van der Waals surface area contributed by atoms with Gasteiger partial charge in [-0.05, 0) is 80.4 Å². The van der Waals surface area contributed by atoms with Crippen molar-refractivity contribution in [2.75, 3.05) is 0 Å². The SMILES string of the molecule is c1ccc(-c2ccc(-c3nc(-c4ccccc4)nc(-c4ccc(-c5ccc(-c6ccnc7c6sc6nc8ccccc8nc67)cc5)cc4)n3)cc2)cc1.c1ccc(-c2ccc(-c3nc(-c4ccccc4)nc(-c4ccc(-c5ccc(-c6ncnc7c6sc6nc8ccccc8cc67)cc5)cc4)n3)cc2)cc1. The zero-order chi connectivity index (χ0) is 70.3. The molecule has 12 aromatic carbocycles. The number of fused-ring (bicyclic) bond motifs is 8. The Morgan fingerprint density at radius 3 is 0.981 bits per heavy atom. The van der Waals surface area contributed by atoms with Crippen LogP contribution in [0.15, 0.2) is 340 Å². The molecule has 0 saturated heterocycles. The van der Waals surface area contributed by atoms with Crippen molar-refractivity contribution in [1.29, 1.82) is 0 Å². The number of para-hydroxylation sites is 3. The molecular formula is C92H56N12S2. The van der Waals surface area contributed by atoms with Crippen LogP contribution in [0.1, 0.15) is 0 Å². The molecule has 0 N–H and O–H groups in total. The van der Waals surface area contributed by atoms with Crippen molar-refractivity contribution in [3.05, 3.63) is 340 Å². The first-order valence-electron chi connectivity index (χ1n) is 34.7. The van der Waals surface area contributed by atoms with Gasteiger partial charge in [-0.2, -0.15) is 0 Å². The number of pyridine rings is 2. The van der Waals surface area contributed by atoms with E-state index in [1.807, 2.05) is 121 Å². The summed E-state index contributed by atoms with van der Waals surface area (Å²) in [5.74, 6) is 3.80. The zero-order valence-electron chi connectivity index (χ0n) is 56.5. The van der Waals surface area contributed by atoms with E-state index in [1.54, 1.807) is 29.0 Å². The summed E-state index contributed by atoms with van der Waals surface area (Å²) >= 11 is 3.29. The fraction of sp³-hybridized carbons (Fsp3) is 0. The second-order valence-electron chi connectivity index (χ2n) is 25.6. The third-order valence-corrected chi connectivity index (χ3v) is 21.1. The minimum absolute atomic E-state index is 0.626. The minimum Gasteiger partial charge on any atom is -0.253 e. The fourth-order valence-electron chi connectivity index (χ4n) is 13.4. The van der Waals surface area contributed by atoms with Crippen LogP contribution in [0, 0.1) is 0 Å². The van der Waals surface area contributed by atoms with Gasteiger partial charge in [0.1, 0.15) is 27.0 Å². The Balaban J connectivity index is 0.000000145. The molecule has 12 nitrogen and oxygen atoms in total. The van der Waals surface area contributed by atoms with Gasteiger partial charge in [-0.25, -0.2) is 54.8 Å². The van der Waals surface area contributed by atoms with E-state index in [0.29, 0.717) is 34.9 Å².